The number of carbonyl (C=O) groups is 3. The third-order valence-electron chi connectivity index (χ3n) is 5.62. The maximum atomic E-state index is 13.2. The van der Waals surface area contributed by atoms with E-state index in [0.717, 1.165) is 29.8 Å². The minimum absolute atomic E-state index is 0.0441. The highest BCUT2D eigenvalue weighted by Crippen LogP contribution is 2.38. The van der Waals surface area contributed by atoms with Crippen LogP contribution in [0, 0.1) is 0 Å². The number of aromatic nitrogens is 1. The summed E-state index contributed by atoms with van der Waals surface area (Å²) in [4.78, 5) is 46.5. The molecule has 2 aromatic rings. The molecule has 30 heavy (non-hydrogen) atoms. The summed E-state index contributed by atoms with van der Waals surface area (Å²) in [6.07, 6.45) is 2.54. The van der Waals surface area contributed by atoms with Crippen molar-refractivity contribution in [1.82, 2.24) is 14.8 Å². The lowest BCUT2D eigenvalue weighted by molar-refractivity contribution is -0.139. The molecular weight excluding hydrogens is 424 g/mol. The number of benzene rings is 1. The summed E-state index contributed by atoms with van der Waals surface area (Å²) in [6.45, 7) is 3.79. The average Bonchev–Trinajstić information content (AvgIpc) is 3.16. The summed E-state index contributed by atoms with van der Waals surface area (Å²) in [5.74, 6) is -0.418. The molecule has 3 amide bonds. The van der Waals surface area contributed by atoms with Crippen molar-refractivity contribution >= 4 is 45.8 Å². The molecule has 1 aromatic carbocycles. The zero-order valence-corrected chi connectivity index (χ0v) is 18.3. The van der Waals surface area contributed by atoms with Crippen LogP contribution in [-0.4, -0.2) is 58.7 Å². The molecule has 1 atom stereocenters. The largest absolute Gasteiger partial charge is 0.339 e. The second kappa shape index (κ2) is 8.73. The number of aryl methyl sites for hydroxylation is 1. The van der Waals surface area contributed by atoms with E-state index in [1.54, 1.807) is 36.1 Å². The number of anilines is 1. The van der Waals surface area contributed by atoms with Crippen LogP contribution in [0.3, 0.4) is 0 Å². The van der Waals surface area contributed by atoms with Crippen LogP contribution in [0.2, 0.25) is 5.02 Å². The zero-order valence-electron chi connectivity index (χ0n) is 16.7. The Labute approximate surface area is 184 Å². The van der Waals surface area contributed by atoms with E-state index in [-0.39, 0.29) is 23.6 Å². The highest BCUT2D eigenvalue weighted by Gasteiger charge is 2.34. The van der Waals surface area contributed by atoms with Crippen molar-refractivity contribution in [1.29, 1.82) is 0 Å². The molecule has 7 nitrogen and oxygen atoms in total. The first-order valence-electron chi connectivity index (χ1n) is 10.0. The van der Waals surface area contributed by atoms with Crippen LogP contribution in [0.5, 0.6) is 0 Å². The van der Waals surface area contributed by atoms with Crippen molar-refractivity contribution < 1.29 is 14.4 Å². The van der Waals surface area contributed by atoms with E-state index in [9.17, 15) is 14.4 Å². The predicted octanol–water partition coefficient (Wildman–Crippen LogP) is 3.16. The number of nitrogens with zero attached hydrogens (tertiary/aromatic N) is 3. The minimum Gasteiger partial charge on any atom is -0.339 e. The van der Waals surface area contributed by atoms with E-state index in [2.05, 4.69) is 10.3 Å². The van der Waals surface area contributed by atoms with E-state index in [1.807, 2.05) is 4.90 Å². The molecule has 1 saturated heterocycles. The number of fused-ring (bicyclic) bond motifs is 1. The summed E-state index contributed by atoms with van der Waals surface area (Å²) < 4.78 is 0. The van der Waals surface area contributed by atoms with E-state index in [0.29, 0.717) is 41.9 Å². The summed E-state index contributed by atoms with van der Waals surface area (Å²) >= 11 is 7.32. The lowest BCUT2D eigenvalue weighted by Crippen LogP contribution is -2.51. The number of hydrogen-bond acceptors (Lipinski definition) is 5. The van der Waals surface area contributed by atoms with Crippen LogP contribution in [-0.2, 0) is 16.0 Å². The lowest BCUT2D eigenvalue weighted by atomic mass is 9.89. The number of carbonyl (C=O) groups excluding carboxylic acids is 3. The van der Waals surface area contributed by atoms with Crippen LogP contribution >= 0.6 is 22.9 Å². The smallest absolute Gasteiger partial charge is 0.257 e. The molecule has 0 radical (unpaired) electrons. The van der Waals surface area contributed by atoms with E-state index in [4.69, 9.17) is 11.6 Å². The Morgan fingerprint density at radius 1 is 1.10 bits per heavy atom. The van der Waals surface area contributed by atoms with Crippen molar-refractivity contribution in [2.45, 2.75) is 32.1 Å². The Morgan fingerprint density at radius 3 is 2.43 bits per heavy atom. The fourth-order valence-corrected chi connectivity index (χ4v) is 5.13. The van der Waals surface area contributed by atoms with Crippen molar-refractivity contribution in [3.63, 3.8) is 0 Å². The second-order valence-electron chi connectivity index (χ2n) is 7.56. The maximum absolute atomic E-state index is 13.2. The molecule has 2 heterocycles. The summed E-state index contributed by atoms with van der Waals surface area (Å²) in [5.41, 5.74) is 1.29. The molecule has 9 heteroatoms. The quantitative estimate of drug-likeness (QED) is 0.785. The van der Waals surface area contributed by atoms with Crippen molar-refractivity contribution in [2.24, 2.45) is 0 Å². The predicted molar refractivity (Wildman–Crippen MR) is 116 cm³/mol. The first kappa shape index (κ1) is 20.8. The molecule has 4 rings (SSSR count). The van der Waals surface area contributed by atoms with Gasteiger partial charge in [0, 0.05) is 48.6 Å². The molecule has 158 valence electrons. The lowest BCUT2D eigenvalue weighted by Gasteiger charge is -2.36. The molecule has 1 aliphatic heterocycles. The van der Waals surface area contributed by atoms with Gasteiger partial charge in [0.1, 0.15) is 0 Å². The van der Waals surface area contributed by atoms with Gasteiger partial charge >= 0.3 is 0 Å². The van der Waals surface area contributed by atoms with E-state index < -0.39 is 0 Å². The maximum Gasteiger partial charge on any atom is 0.257 e. The monoisotopic (exact) mass is 446 g/mol. The Hall–Kier alpha value is -2.45. The number of amides is 3. The highest BCUT2D eigenvalue weighted by atomic mass is 35.5. The Bertz CT molecular complexity index is 967. The minimum atomic E-state index is -0.282. The van der Waals surface area contributed by atoms with E-state index in [1.165, 1.54) is 11.3 Å². The second-order valence-corrected chi connectivity index (χ2v) is 9.08. The van der Waals surface area contributed by atoms with Crippen molar-refractivity contribution in [2.75, 3.05) is 31.5 Å². The molecule has 1 N–H and O–H groups in total. The van der Waals surface area contributed by atoms with Crippen LogP contribution in [0.1, 0.15) is 46.6 Å². The number of hydrogen-bond donors (Lipinski definition) is 1. The third-order valence-corrected chi connectivity index (χ3v) is 6.91. The molecule has 2 aliphatic rings. The normalized spacial score (nSPS) is 18.7. The van der Waals surface area contributed by atoms with Crippen molar-refractivity contribution in [3.8, 4) is 0 Å². The summed E-state index contributed by atoms with van der Waals surface area (Å²) in [5, 5.41) is 3.93. The van der Waals surface area contributed by atoms with Crippen LogP contribution in [0.15, 0.2) is 24.3 Å². The number of thiazole rings is 1. The first-order chi connectivity index (χ1) is 14.4. The fourth-order valence-electron chi connectivity index (χ4n) is 3.94. The van der Waals surface area contributed by atoms with E-state index >= 15 is 0 Å². The Balaban J connectivity index is 1.46. The van der Waals surface area contributed by atoms with Gasteiger partial charge in [0.2, 0.25) is 11.8 Å². The highest BCUT2D eigenvalue weighted by molar-refractivity contribution is 7.16. The molecule has 0 unspecified atom stereocenters. The van der Waals surface area contributed by atoms with Gasteiger partial charge in [-0.25, -0.2) is 4.98 Å². The number of halogens is 1. The van der Waals surface area contributed by atoms with Gasteiger partial charge in [-0.2, -0.15) is 0 Å². The number of piperazine rings is 1. The fraction of sp³-hybridized carbons (Fsp3) is 0.429. The van der Waals surface area contributed by atoms with Crippen LogP contribution < -0.4 is 5.32 Å². The number of rotatable bonds is 3. The SMILES string of the molecule is CC(=O)N1CCN(C(=O)[C@@H]2CCCc3sc(NC(=O)c4ccc(Cl)cc4)nc32)CC1. The molecule has 1 fully saturated rings. The van der Waals surface area contributed by atoms with Gasteiger partial charge in [0.05, 0.1) is 11.6 Å². The summed E-state index contributed by atoms with van der Waals surface area (Å²) in [6, 6.07) is 6.67. The topological polar surface area (TPSA) is 82.6 Å². The first-order valence-corrected chi connectivity index (χ1v) is 11.2. The zero-order chi connectivity index (χ0) is 21.3. The molecule has 1 aromatic heterocycles. The van der Waals surface area contributed by atoms with Gasteiger partial charge in [0.25, 0.3) is 5.91 Å². The van der Waals surface area contributed by atoms with Gasteiger partial charge in [-0.1, -0.05) is 11.6 Å². The number of nitrogens with one attached hydrogen (secondary N) is 1. The van der Waals surface area contributed by atoms with Crippen molar-refractivity contribution in [3.05, 3.63) is 45.4 Å². The van der Waals surface area contributed by atoms with Gasteiger partial charge in [-0.15, -0.1) is 11.3 Å². The molecule has 1 aliphatic carbocycles. The molecule has 0 spiro atoms. The summed E-state index contributed by atoms with van der Waals surface area (Å²) in [7, 11) is 0. The van der Waals surface area contributed by atoms with Crippen LogP contribution in [0.4, 0.5) is 5.13 Å². The average molecular weight is 447 g/mol. The standard InChI is InChI=1S/C21H23ClN4O3S/c1-13(27)25-9-11-26(12-10-25)20(29)16-3-2-4-17-18(16)23-21(30-17)24-19(28)14-5-7-15(22)8-6-14/h5-8,16H,2-4,9-12H2,1H3,(H,23,24,28)/t16-/m1/s1. The van der Waals surface area contributed by atoms with Gasteiger partial charge < -0.3 is 9.80 Å². The third kappa shape index (κ3) is 4.34. The molecule has 0 saturated carbocycles. The Morgan fingerprint density at radius 2 is 1.77 bits per heavy atom. The Kier molecular flexibility index (Phi) is 6.06. The van der Waals surface area contributed by atoms with Crippen LogP contribution in [0.25, 0.3) is 0 Å². The van der Waals surface area contributed by atoms with Gasteiger partial charge in [-0.3, -0.25) is 19.7 Å². The van der Waals surface area contributed by atoms with Gasteiger partial charge in [-0.05, 0) is 43.5 Å². The van der Waals surface area contributed by atoms with Gasteiger partial charge in [0.15, 0.2) is 5.13 Å². The molecular formula is C21H23ClN4O3S. The molecule has 0 bridgehead atoms.